The molecule has 3 atom stereocenters. The Kier molecular flexibility index (Phi) is 6.29. The molecule has 3 aromatic rings. The number of aldehydes is 1. The molecule has 0 bridgehead atoms. The van der Waals surface area contributed by atoms with Crippen molar-refractivity contribution in [1.82, 2.24) is 4.98 Å². The second-order valence-electron chi connectivity index (χ2n) is 9.55. The van der Waals surface area contributed by atoms with Gasteiger partial charge in [-0.1, -0.05) is 31.2 Å². The first kappa shape index (κ1) is 23.1. The first-order valence-corrected chi connectivity index (χ1v) is 12.1. The number of hydrogen-bond donors (Lipinski definition) is 1. The highest BCUT2D eigenvalue weighted by Crippen LogP contribution is 2.48. The molecule has 2 aromatic carbocycles. The van der Waals surface area contributed by atoms with Crippen molar-refractivity contribution < 1.29 is 24.2 Å². The van der Waals surface area contributed by atoms with Gasteiger partial charge < -0.3 is 14.6 Å². The monoisotopic (exact) mass is 471 g/mol. The summed E-state index contributed by atoms with van der Waals surface area (Å²) in [6.45, 7) is 1.80. The Morgan fingerprint density at radius 3 is 2.69 bits per heavy atom. The second kappa shape index (κ2) is 9.53. The number of carboxylic acids is 1. The van der Waals surface area contributed by atoms with Gasteiger partial charge in [0.1, 0.15) is 11.9 Å². The van der Waals surface area contributed by atoms with E-state index in [0.717, 1.165) is 65.5 Å². The van der Waals surface area contributed by atoms with Crippen molar-refractivity contribution in [2.75, 3.05) is 7.11 Å². The van der Waals surface area contributed by atoms with Crippen LogP contribution in [0.3, 0.4) is 0 Å². The van der Waals surface area contributed by atoms with Crippen LogP contribution in [0.2, 0.25) is 0 Å². The topological polar surface area (TPSA) is 85.7 Å². The standard InChI is InChI=1S/C29H29NO5/c1-17(29(32)33)28(19-4-5-19)22-6-3-18-8-10-25(35-26(18)14-22)21-7-9-24(23(13-21)16-31)20-11-12-30-27(15-20)34-2/h3,6-7,9,11-17,19,25,28H,4-5,8,10H2,1-2H3,(H,32,33). The molecule has 2 heterocycles. The Balaban J connectivity index is 1.42. The fourth-order valence-corrected chi connectivity index (χ4v) is 5.24. The molecule has 2 aliphatic rings. The summed E-state index contributed by atoms with van der Waals surface area (Å²) in [5.74, 6) is 0.542. The minimum absolute atomic E-state index is 0.0000737. The summed E-state index contributed by atoms with van der Waals surface area (Å²) in [5.41, 5.74) is 5.39. The van der Waals surface area contributed by atoms with E-state index in [1.54, 1.807) is 20.2 Å². The zero-order chi connectivity index (χ0) is 24.5. The number of ether oxygens (including phenoxy) is 2. The van der Waals surface area contributed by atoms with E-state index < -0.39 is 11.9 Å². The zero-order valence-electron chi connectivity index (χ0n) is 19.9. The number of aliphatic carboxylic acids is 1. The van der Waals surface area contributed by atoms with E-state index in [0.29, 0.717) is 17.4 Å². The molecule has 6 heteroatoms. The fraction of sp³-hybridized carbons (Fsp3) is 0.345. The molecule has 180 valence electrons. The molecule has 5 rings (SSSR count). The van der Waals surface area contributed by atoms with Crippen LogP contribution in [0, 0.1) is 11.8 Å². The summed E-state index contributed by atoms with van der Waals surface area (Å²) >= 11 is 0. The van der Waals surface area contributed by atoms with Crippen LogP contribution >= 0.6 is 0 Å². The number of aromatic nitrogens is 1. The molecule has 1 aliphatic carbocycles. The van der Waals surface area contributed by atoms with Crippen LogP contribution in [-0.4, -0.2) is 29.5 Å². The van der Waals surface area contributed by atoms with E-state index >= 15 is 0 Å². The molecule has 0 spiro atoms. The first-order valence-electron chi connectivity index (χ1n) is 12.1. The van der Waals surface area contributed by atoms with Crippen LogP contribution in [0.25, 0.3) is 11.1 Å². The lowest BCUT2D eigenvalue weighted by Gasteiger charge is -2.29. The molecular formula is C29H29NO5. The molecule has 1 saturated carbocycles. The van der Waals surface area contributed by atoms with Crippen LogP contribution < -0.4 is 9.47 Å². The van der Waals surface area contributed by atoms with Crippen molar-refractivity contribution in [3.63, 3.8) is 0 Å². The maximum atomic E-state index is 12.0. The normalized spacial score (nSPS) is 18.6. The van der Waals surface area contributed by atoms with Gasteiger partial charge in [-0.2, -0.15) is 0 Å². The number of hydrogen-bond acceptors (Lipinski definition) is 5. The van der Waals surface area contributed by atoms with Gasteiger partial charge in [-0.3, -0.25) is 9.59 Å². The minimum Gasteiger partial charge on any atom is -0.485 e. The number of nitrogens with zero attached hydrogens (tertiary/aromatic N) is 1. The largest absolute Gasteiger partial charge is 0.485 e. The third-order valence-corrected chi connectivity index (χ3v) is 7.31. The van der Waals surface area contributed by atoms with Crippen molar-refractivity contribution in [2.45, 2.75) is 44.6 Å². The number of carbonyl (C=O) groups excluding carboxylic acids is 1. The predicted molar refractivity (Wildman–Crippen MR) is 132 cm³/mol. The van der Waals surface area contributed by atoms with Crippen LogP contribution in [0.15, 0.2) is 54.7 Å². The van der Waals surface area contributed by atoms with Gasteiger partial charge in [0.05, 0.1) is 13.0 Å². The lowest BCUT2D eigenvalue weighted by Crippen LogP contribution is -2.21. The Bertz CT molecular complexity index is 1270. The molecule has 35 heavy (non-hydrogen) atoms. The average Bonchev–Trinajstić information content (AvgIpc) is 3.73. The SMILES string of the molecule is COc1cc(-c2ccc(C3CCc4ccc(C(C5CC5)C(C)C(=O)O)cc4O3)cc2C=O)ccn1. The summed E-state index contributed by atoms with van der Waals surface area (Å²) in [5, 5.41) is 9.63. The Morgan fingerprint density at radius 1 is 1.14 bits per heavy atom. The van der Waals surface area contributed by atoms with Crippen molar-refractivity contribution >= 4 is 12.3 Å². The van der Waals surface area contributed by atoms with E-state index in [1.807, 2.05) is 36.4 Å². The van der Waals surface area contributed by atoms with E-state index in [4.69, 9.17) is 9.47 Å². The molecule has 1 aliphatic heterocycles. The van der Waals surface area contributed by atoms with E-state index in [2.05, 4.69) is 17.1 Å². The summed E-state index contributed by atoms with van der Waals surface area (Å²) in [4.78, 5) is 27.8. The number of fused-ring (bicyclic) bond motifs is 1. The van der Waals surface area contributed by atoms with Crippen LogP contribution in [0.4, 0.5) is 0 Å². The number of aryl methyl sites for hydroxylation is 1. The molecule has 3 unspecified atom stereocenters. The molecular weight excluding hydrogens is 442 g/mol. The van der Waals surface area contributed by atoms with Crippen LogP contribution in [0.1, 0.15) is 65.3 Å². The number of carboxylic acid groups (broad SMARTS) is 1. The maximum Gasteiger partial charge on any atom is 0.306 e. The second-order valence-corrected chi connectivity index (χ2v) is 9.55. The summed E-state index contributed by atoms with van der Waals surface area (Å²) < 4.78 is 11.7. The Morgan fingerprint density at radius 2 is 1.97 bits per heavy atom. The highest BCUT2D eigenvalue weighted by atomic mass is 16.5. The van der Waals surface area contributed by atoms with Crippen LogP contribution in [-0.2, 0) is 11.2 Å². The first-order chi connectivity index (χ1) is 17.0. The summed E-state index contributed by atoms with van der Waals surface area (Å²) in [7, 11) is 1.56. The van der Waals surface area contributed by atoms with Crippen molar-refractivity contribution in [3.8, 4) is 22.8 Å². The van der Waals surface area contributed by atoms with E-state index in [9.17, 15) is 14.7 Å². The average molecular weight is 472 g/mol. The zero-order valence-corrected chi connectivity index (χ0v) is 19.9. The number of benzene rings is 2. The third kappa shape index (κ3) is 4.65. The number of pyridine rings is 1. The predicted octanol–water partition coefficient (Wildman–Crippen LogP) is 5.85. The molecule has 6 nitrogen and oxygen atoms in total. The van der Waals surface area contributed by atoms with E-state index in [1.165, 1.54) is 0 Å². The quantitative estimate of drug-likeness (QED) is 0.415. The van der Waals surface area contributed by atoms with Crippen molar-refractivity contribution in [2.24, 2.45) is 11.8 Å². The number of carbonyl (C=O) groups is 2. The van der Waals surface area contributed by atoms with Gasteiger partial charge >= 0.3 is 5.97 Å². The van der Waals surface area contributed by atoms with Crippen molar-refractivity contribution in [3.05, 3.63) is 77.0 Å². The summed E-state index contributed by atoms with van der Waals surface area (Å²) in [6, 6.07) is 15.7. The summed E-state index contributed by atoms with van der Waals surface area (Å²) in [6.07, 6.45) is 6.19. The van der Waals surface area contributed by atoms with E-state index in [-0.39, 0.29) is 12.0 Å². The van der Waals surface area contributed by atoms with Gasteiger partial charge in [0.25, 0.3) is 0 Å². The molecule has 1 fully saturated rings. The molecule has 1 N–H and O–H groups in total. The Hall–Kier alpha value is -3.67. The van der Waals surface area contributed by atoms with Gasteiger partial charge in [-0.15, -0.1) is 0 Å². The lowest BCUT2D eigenvalue weighted by atomic mass is 9.82. The highest BCUT2D eigenvalue weighted by Gasteiger charge is 2.39. The maximum absolute atomic E-state index is 12.0. The number of methoxy groups -OCH3 is 1. The fourth-order valence-electron chi connectivity index (χ4n) is 5.24. The van der Waals surface area contributed by atoms with Gasteiger partial charge in [-0.25, -0.2) is 4.98 Å². The third-order valence-electron chi connectivity index (χ3n) is 7.31. The van der Waals surface area contributed by atoms with Gasteiger partial charge in [-0.05, 0) is 83.5 Å². The van der Waals surface area contributed by atoms with Gasteiger partial charge in [0.2, 0.25) is 5.88 Å². The van der Waals surface area contributed by atoms with Gasteiger partial charge in [0, 0.05) is 17.8 Å². The molecule has 1 aromatic heterocycles. The van der Waals surface area contributed by atoms with Crippen molar-refractivity contribution in [1.29, 1.82) is 0 Å². The smallest absolute Gasteiger partial charge is 0.306 e. The molecule has 0 amide bonds. The molecule has 0 saturated heterocycles. The number of rotatable bonds is 8. The highest BCUT2D eigenvalue weighted by molar-refractivity contribution is 5.88. The molecule has 0 radical (unpaired) electrons. The van der Waals surface area contributed by atoms with Gasteiger partial charge in [0.15, 0.2) is 6.29 Å². The lowest BCUT2D eigenvalue weighted by molar-refractivity contribution is -0.142. The van der Waals surface area contributed by atoms with Crippen LogP contribution in [0.5, 0.6) is 11.6 Å². The Labute approximate surface area is 204 Å². The minimum atomic E-state index is -0.758.